The Morgan fingerprint density at radius 1 is 1.44 bits per heavy atom. The van der Waals surface area contributed by atoms with Gasteiger partial charge in [0.05, 0.1) is 16.9 Å². The first-order valence-electron chi connectivity index (χ1n) is 6.12. The van der Waals surface area contributed by atoms with E-state index in [9.17, 15) is 9.59 Å². The normalized spacial score (nSPS) is 17.4. The van der Waals surface area contributed by atoms with Gasteiger partial charge in [0.1, 0.15) is 6.04 Å². The van der Waals surface area contributed by atoms with E-state index in [-0.39, 0.29) is 17.9 Å². The molecule has 0 saturated carbocycles. The number of hydrogen-bond donors (Lipinski definition) is 3. The summed E-state index contributed by atoms with van der Waals surface area (Å²) < 4.78 is 0. The summed E-state index contributed by atoms with van der Waals surface area (Å²) in [6.07, 6.45) is 0.890. The van der Waals surface area contributed by atoms with Crippen LogP contribution in [0.3, 0.4) is 0 Å². The molecular formula is C13H17N3O2. The van der Waals surface area contributed by atoms with E-state index in [0.29, 0.717) is 23.5 Å². The molecule has 2 rings (SSSR count). The molecule has 0 radical (unpaired) electrons. The average molecular weight is 247 g/mol. The Balaban J connectivity index is 2.30. The van der Waals surface area contributed by atoms with Crippen LogP contribution < -0.4 is 16.0 Å². The number of nitrogens with one attached hydrogen (secondary N) is 3. The lowest BCUT2D eigenvalue weighted by molar-refractivity contribution is -0.116. The number of benzene rings is 1. The lowest BCUT2D eigenvalue weighted by Gasteiger charge is -2.26. The van der Waals surface area contributed by atoms with Crippen molar-refractivity contribution in [2.24, 2.45) is 0 Å². The Kier molecular flexibility index (Phi) is 3.50. The zero-order chi connectivity index (χ0) is 13.1. The van der Waals surface area contributed by atoms with Crippen molar-refractivity contribution in [2.45, 2.75) is 26.3 Å². The van der Waals surface area contributed by atoms with Gasteiger partial charge in [0.2, 0.25) is 5.91 Å². The summed E-state index contributed by atoms with van der Waals surface area (Å²) in [7, 11) is 0. The molecule has 1 heterocycles. The van der Waals surface area contributed by atoms with Crippen LogP contribution >= 0.6 is 0 Å². The van der Waals surface area contributed by atoms with E-state index in [1.165, 1.54) is 0 Å². The Bertz CT molecular complexity index is 485. The maximum absolute atomic E-state index is 12.0. The Morgan fingerprint density at radius 3 is 2.94 bits per heavy atom. The molecule has 1 aromatic rings. The highest BCUT2D eigenvalue weighted by Gasteiger charge is 2.25. The number of carbonyl (C=O) groups excluding carboxylic acids is 2. The molecule has 1 aromatic carbocycles. The van der Waals surface area contributed by atoms with Gasteiger partial charge < -0.3 is 16.0 Å². The highest BCUT2D eigenvalue weighted by molar-refractivity contribution is 6.09. The summed E-state index contributed by atoms with van der Waals surface area (Å²) in [5.41, 5.74) is 1.91. The van der Waals surface area contributed by atoms with E-state index in [1.807, 2.05) is 6.92 Å². The highest BCUT2D eigenvalue weighted by atomic mass is 16.2. The van der Waals surface area contributed by atoms with Crippen molar-refractivity contribution in [3.05, 3.63) is 23.8 Å². The molecule has 1 aliphatic rings. The van der Waals surface area contributed by atoms with Crippen LogP contribution in [-0.4, -0.2) is 24.4 Å². The minimum Gasteiger partial charge on any atom is -0.372 e. The predicted molar refractivity (Wildman–Crippen MR) is 70.8 cm³/mol. The fourth-order valence-corrected chi connectivity index (χ4v) is 1.86. The van der Waals surface area contributed by atoms with E-state index >= 15 is 0 Å². The second-order valence-corrected chi connectivity index (χ2v) is 4.34. The number of amides is 2. The SMILES string of the molecule is CCCNC(=O)c1cccc2c1N[C@H](C)C(=O)N2. The number of hydrogen-bond acceptors (Lipinski definition) is 3. The molecule has 3 N–H and O–H groups in total. The maximum atomic E-state index is 12.0. The summed E-state index contributed by atoms with van der Waals surface area (Å²) in [6.45, 7) is 4.41. The molecular weight excluding hydrogens is 230 g/mol. The lowest BCUT2D eigenvalue weighted by atomic mass is 10.1. The van der Waals surface area contributed by atoms with E-state index in [2.05, 4.69) is 16.0 Å². The molecule has 5 heteroatoms. The third-order valence-corrected chi connectivity index (χ3v) is 2.86. The van der Waals surface area contributed by atoms with Gasteiger partial charge in [-0.1, -0.05) is 13.0 Å². The van der Waals surface area contributed by atoms with Crippen LogP contribution in [0.2, 0.25) is 0 Å². The smallest absolute Gasteiger partial charge is 0.253 e. The zero-order valence-corrected chi connectivity index (χ0v) is 10.5. The van der Waals surface area contributed by atoms with Gasteiger partial charge in [-0.15, -0.1) is 0 Å². The molecule has 2 amide bonds. The fourth-order valence-electron chi connectivity index (χ4n) is 1.86. The molecule has 5 nitrogen and oxygen atoms in total. The van der Waals surface area contributed by atoms with Crippen LogP contribution in [0.25, 0.3) is 0 Å². The largest absolute Gasteiger partial charge is 0.372 e. The van der Waals surface area contributed by atoms with Gasteiger partial charge in [-0.25, -0.2) is 0 Å². The minimum atomic E-state index is -0.336. The average Bonchev–Trinajstić information content (AvgIpc) is 2.36. The Hall–Kier alpha value is -2.04. The summed E-state index contributed by atoms with van der Waals surface area (Å²) in [5, 5.41) is 8.68. The molecule has 0 aliphatic carbocycles. The number of carbonyl (C=O) groups is 2. The van der Waals surface area contributed by atoms with E-state index in [1.54, 1.807) is 25.1 Å². The first-order chi connectivity index (χ1) is 8.63. The second kappa shape index (κ2) is 5.08. The number of fused-ring (bicyclic) bond motifs is 1. The van der Waals surface area contributed by atoms with Crippen molar-refractivity contribution in [1.82, 2.24) is 5.32 Å². The van der Waals surface area contributed by atoms with Crippen molar-refractivity contribution in [3.8, 4) is 0 Å². The predicted octanol–water partition coefficient (Wildman–Crippen LogP) is 1.58. The molecule has 96 valence electrons. The second-order valence-electron chi connectivity index (χ2n) is 4.34. The van der Waals surface area contributed by atoms with Crippen LogP contribution in [-0.2, 0) is 4.79 Å². The Morgan fingerprint density at radius 2 is 2.22 bits per heavy atom. The van der Waals surface area contributed by atoms with Gasteiger partial charge in [0.25, 0.3) is 5.91 Å². The molecule has 0 fully saturated rings. The summed E-state index contributed by atoms with van der Waals surface area (Å²) in [4.78, 5) is 23.5. The first kappa shape index (κ1) is 12.4. The topological polar surface area (TPSA) is 70.2 Å². The fraction of sp³-hybridized carbons (Fsp3) is 0.385. The third kappa shape index (κ3) is 2.30. The number of rotatable bonds is 3. The third-order valence-electron chi connectivity index (χ3n) is 2.86. The lowest BCUT2D eigenvalue weighted by Crippen LogP contribution is -2.37. The summed E-state index contributed by atoms with van der Waals surface area (Å²) in [5.74, 6) is -0.210. The monoisotopic (exact) mass is 247 g/mol. The maximum Gasteiger partial charge on any atom is 0.253 e. The van der Waals surface area contributed by atoms with Crippen molar-refractivity contribution >= 4 is 23.2 Å². The van der Waals surface area contributed by atoms with Crippen molar-refractivity contribution in [1.29, 1.82) is 0 Å². The van der Waals surface area contributed by atoms with E-state index in [4.69, 9.17) is 0 Å². The molecule has 0 spiro atoms. The van der Waals surface area contributed by atoms with Crippen molar-refractivity contribution in [3.63, 3.8) is 0 Å². The van der Waals surface area contributed by atoms with Gasteiger partial charge in [-0.2, -0.15) is 0 Å². The number of para-hydroxylation sites is 1. The quantitative estimate of drug-likeness (QED) is 0.759. The van der Waals surface area contributed by atoms with Crippen LogP contribution in [0.15, 0.2) is 18.2 Å². The summed E-state index contributed by atoms with van der Waals surface area (Å²) in [6, 6.07) is 4.96. The molecule has 0 bridgehead atoms. The zero-order valence-electron chi connectivity index (χ0n) is 10.5. The van der Waals surface area contributed by atoms with Crippen LogP contribution in [0, 0.1) is 0 Å². The first-order valence-corrected chi connectivity index (χ1v) is 6.12. The minimum absolute atomic E-state index is 0.0892. The molecule has 0 saturated heterocycles. The van der Waals surface area contributed by atoms with Gasteiger partial charge in [0, 0.05) is 6.54 Å². The summed E-state index contributed by atoms with van der Waals surface area (Å²) >= 11 is 0. The highest BCUT2D eigenvalue weighted by Crippen LogP contribution is 2.30. The van der Waals surface area contributed by atoms with Gasteiger partial charge in [-0.05, 0) is 25.5 Å². The molecule has 0 unspecified atom stereocenters. The van der Waals surface area contributed by atoms with Gasteiger partial charge >= 0.3 is 0 Å². The van der Waals surface area contributed by atoms with E-state index in [0.717, 1.165) is 6.42 Å². The van der Waals surface area contributed by atoms with Crippen molar-refractivity contribution in [2.75, 3.05) is 17.2 Å². The number of anilines is 2. The van der Waals surface area contributed by atoms with Gasteiger partial charge in [0.15, 0.2) is 0 Å². The molecule has 1 aliphatic heterocycles. The Labute approximate surface area is 106 Å². The molecule has 1 atom stereocenters. The van der Waals surface area contributed by atoms with Gasteiger partial charge in [-0.3, -0.25) is 9.59 Å². The van der Waals surface area contributed by atoms with Crippen molar-refractivity contribution < 1.29 is 9.59 Å². The van der Waals surface area contributed by atoms with E-state index < -0.39 is 0 Å². The molecule has 0 aromatic heterocycles. The van der Waals surface area contributed by atoms with Crippen LogP contribution in [0.5, 0.6) is 0 Å². The van der Waals surface area contributed by atoms with Crippen LogP contribution in [0.4, 0.5) is 11.4 Å². The standard InChI is InChI=1S/C13H17N3O2/c1-3-7-14-13(18)9-5-4-6-10-11(9)15-8(2)12(17)16-10/h4-6,8,15H,3,7H2,1-2H3,(H,14,18)(H,16,17)/t8-/m1/s1. The van der Waals surface area contributed by atoms with Crippen LogP contribution in [0.1, 0.15) is 30.6 Å². The molecule has 18 heavy (non-hydrogen) atoms.